The highest BCUT2D eigenvalue weighted by Gasteiger charge is 2.17. The second-order valence-corrected chi connectivity index (χ2v) is 16.6. The Morgan fingerprint density at radius 3 is 0.480 bits per heavy atom. The Kier molecular flexibility index (Phi) is 39.0. The fourth-order valence-electron chi connectivity index (χ4n) is 2.25. The molecule has 0 saturated heterocycles. The monoisotopic (exact) mass is 404 g/mol. The van der Waals surface area contributed by atoms with Crippen LogP contribution in [0.2, 0.25) is 54.4 Å². The van der Waals surface area contributed by atoms with E-state index in [1.54, 1.807) is 0 Å². The molecule has 0 rings (SSSR count). The van der Waals surface area contributed by atoms with Gasteiger partial charge in [-0.2, -0.15) is 0 Å². The van der Waals surface area contributed by atoms with Crippen molar-refractivity contribution in [1.29, 1.82) is 0 Å². The van der Waals surface area contributed by atoms with Gasteiger partial charge in [0.25, 0.3) is 0 Å². The molecule has 0 spiro atoms. The summed E-state index contributed by atoms with van der Waals surface area (Å²) in [5.74, 6) is 0. The highest BCUT2D eigenvalue weighted by molar-refractivity contribution is 6.59. The normalized spacial score (nSPS) is 8.64. The van der Waals surface area contributed by atoms with Crippen LogP contribution in [0.25, 0.3) is 0 Å². The van der Waals surface area contributed by atoms with Crippen molar-refractivity contribution < 1.29 is 15.1 Å². The van der Waals surface area contributed by atoms with Crippen molar-refractivity contribution in [3.8, 4) is 0 Å². The predicted molar refractivity (Wildman–Crippen MR) is 117 cm³/mol. The minimum Gasteiger partial charge on any atom is -0.907 e. The molecule has 0 atom stereocenters. The van der Waals surface area contributed by atoms with Gasteiger partial charge in [-0.3, -0.25) is 7.32 Å². The largest absolute Gasteiger partial charge is 0.907 e. The first-order chi connectivity index (χ1) is 11.8. The average Bonchev–Trinajstić information content (AvgIpc) is 2.60. The maximum atomic E-state index is 8.42. The van der Waals surface area contributed by atoms with Crippen LogP contribution < -0.4 is 15.1 Å². The van der Waals surface area contributed by atoms with Crippen molar-refractivity contribution in [3.05, 3.63) is 0 Å². The van der Waals surface area contributed by atoms with Gasteiger partial charge in [0.1, 0.15) is 0 Å². The Morgan fingerprint density at radius 1 is 0.400 bits per heavy atom. The zero-order valence-electron chi connectivity index (χ0n) is 18.7. The maximum absolute atomic E-state index is 8.42. The fourth-order valence-corrected chi connectivity index (χ4v) is 6.75. The number of rotatable bonds is 9. The summed E-state index contributed by atoms with van der Waals surface area (Å²) in [4.78, 5) is 0. The Morgan fingerprint density at radius 2 is 0.480 bits per heavy atom. The summed E-state index contributed by atoms with van der Waals surface area (Å²) in [5, 5.41) is 25.2. The summed E-state index contributed by atoms with van der Waals surface area (Å²) in [6.45, 7) is 20.8. The molecule has 25 heavy (non-hydrogen) atoms. The lowest BCUT2D eigenvalue weighted by Crippen LogP contribution is -2.56. The highest BCUT2D eigenvalue weighted by atomic mass is 28.3. The smallest absolute Gasteiger partial charge is 0.313 e. The van der Waals surface area contributed by atoms with Crippen LogP contribution in [0.1, 0.15) is 62.3 Å². The van der Waals surface area contributed by atoms with Gasteiger partial charge in [-0.1, -0.05) is 0 Å². The molecule has 0 aliphatic heterocycles. The summed E-state index contributed by atoms with van der Waals surface area (Å²) in [6.07, 6.45) is 0. The van der Waals surface area contributed by atoms with Crippen molar-refractivity contribution in [2.75, 3.05) is 0 Å². The molecule has 0 aliphatic rings. The van der Waals surface area contributed by atoms with Crippen molar-refractivity contribution in [2.45, 2.75) is 117 Å². The van der Waals surface area contributed by atoms with Crippen molar-refractivity contribution >= 4 is 33.7 Å². The summed E-state index contributed by atoms with van der Waals surface area (Å²) < 4.78 is 0. The zero-order valence-corrected chi connectivity index (χ0v) is 21.7. The molecular formula is C18H45BO3Si3. The molecule has 150 valence electrons. The van der Waals surface area contributed by atoms with E-state index in [9.17, 15) is 0 Å². The van der Waals surface area contributed by atoms with Crippen molar-refractivity contribution in [2.24, 2.45) is 0 Å². The van der Waals surface area contributed by atoms with E-state index in [1.165, 1.54) is 54.4 Å². The standard InChI is InChI=1S/3C6H15Si.BO3/c3*1-4-7(5-2)6-3;2-1(3)4/h3*4-6H2,1-3H3;/q3*+1;-3. The molecular weight excluding hydrogens is 359 g/mol. The second kappa shape index (κ2) is 29.4. The van der Waals surface area contributed by atoms with Crippen molar-refractivity contribution in [1.82, 2.24) is 0 Å². The molecule has 0 N–H and O–H groups in total. The molecule has 0 aromatic carbocycles. The number of hydrogen-bond acceptors (Lipinski definition) is 3. The first-order valence-electron chi connectivity index (χ1n) is 10.3. The van der Waals surface area contributed by atoms with E-state index in [4.69, 9.17) is 15.1 Å². The lowest BCUT2D eigenvalue weighted by Gasteiger charge is -2.35. The summed E-state index contributed by atoms with van der Waals surface area (Å²) in [6, 6.07) is 13.1. The second-order valence-electron chi connectivity index (χ2n) is 5.72. The van der Waals surface area contributed by atoms with Crippen LogP contribution in [0.5, 0.6) is 0 Å². The van der Waals surface area contributed by atoms with Crippen LogP contribution in [0, 0.1) is 0 Å². The number of hydrogen-bond donors (Lipinski definition) is 0. The molecule has 0 amide bonds. The third-order valence-corrected chi connectivity index (χ3v) is 13.5. The van der Waals surface area contributed by atoms with E-state index in [1.807, 2.05) is 0 Å². The minimum absolute atomic E-state index is 0.137. The topological polar surface area (TPSA) is 69.2 Å². The third-order valence-electron chi connectivity index (χ3n) is 4.50. The fraction of sp³-hybridized carbons (Fsp3) is 1.00. The van der Waals surface area contributed by atoms with Gasteiger partial charge >= 0.3 is 26.4 Å². The molecule has 0 fully saturated rings. The zero-order chi connectivity index (χ0) is 20.7. The molecule has 0 aromatic heterocycles. The van der Waals surface area contributed by atoms with Crippen LogP contribution in [0.15, 0.2) is 0 Å². The summed E-state index contributed by atoms with van der Waals surface area (Å²) >= 11 is 0. The Bertz CT molecular complexity index is 154. The minimum atomic E-state index is -2.92. The van der Waals surface area contributed by atoms with E-state index in [0.717, 1.165) is 0 Å². The predicted octanol–water partition coefficient (Wildman–Crippen LogP) is 3.67. The molecule has 0 bridgehead atoms. The third kappa shape index (κ3) is 36.3. The van der Waals surface area contributed by atoms with Gasteiger partial charge in [-0.15, -0.1) is 0 Å². The molecule has 3 nitrogen and oxygen atoms in total. The molecule has 0 heterocycles. The molecule has 0 unspecified atom stereocenters. The molecule has 7 heteroatoms. The SMILES string of the molecule is CC[Si+](CC)CC.CC[Si+](CC)CC.CC[Si+](CC)CC.[O-]B([O-])[O-]. The summed E-state index contributed by atoms with van der Waals surface area (Å²) in [7, 11) is -2.50. The Labute approximate surface area is 165 Å². The lowest BCUT2D eigenvalue weighted by atomic mass is 10.3. The van der Waals surface area contributed by atoms with Gasteiger partial charge in [0.15, 0.2) is 0 Å². The van der Waals surface area contributed by atoms with E-state index >= 15 is 0 Å². The molecule has 0 radical (unpaired) electrons. The Hall–Kier alpha value is 0.596. The highest BCUT2D eigenvalue weighted by Crippen LogP contribution is 2.02. The van der Waals surface area contributed by atoms with Gasteiger partial charge in [0, 0.05) is 0 Å². The van der Waals surface area contributed by atoms with Crippen molar-refractivity contribution in [3.63, 3.8) is 0 Å². The quantitative estimate of drug-likeness (QED) is 0.551. The van der Waals surface area contributed by atoms with E-state index in [-0.39, 0.29) is 26.4 Å². The maximum Gasteiger partial charge on any atom is 0.313 e. The first-order valence-corrected chi connectivity index (χ1v) is 16.6. The Balaban J connectivity index is -0.000000120. The van der Waals surface area contributed by atoms with Crippen LogP contribution in [-0.2, 0) is 0 Å². The van der Waals surface area contributed by atoms with E-state index in [0.29, 0.717) is 0 Å². The molecule has 0 aliphatic carbocycles. The van der Waals surface area contributed by atoms with E-state index < -0.39 is 7.32 Å². The van der Waals surface area contributed by atoms with E-state index in [2.05, 4.69) is 62.3 Å². The molecule has 0 aromatic rings. The average molecular weight is 405 g/mol. The van der Waals surface area contributed by atoms with Crippen LogP contribution in [-0.4, -0.2) is 33.7 Å². The van der Waals surface area contributed by atoms with Crippen LogP contribution in [0.3, 0.4) is 0 Å². The van der Waals surface area contributed by atoms with Crippen LogP contribution in [0.4, 0.5) is 0 Å². The lowest BCUT2D eigenvalue weighted by molar-refractivity contribution is -0.479. The summed E-state index contributed by atoms with van der Waals surface area (Å²) in [5.41, 5.74) is 0. The van der Waals surface area contributed by atoms with Gasteiger partial charge in [-0.05, 0) is 62.3 Å². The first kappa shape index (κ1) is 33.2. The van der Waals surface area contributed by atoms with Crippen LogP contribution >= 0.6 is 0 Å². The van der Waals surface area contributed by atoms with Gasteiger partial charge in [-0.25, -0.2) is 0 Å². The van der Waals surface area contributed by atoms with Gasteiger partial charge < -0.3 is 15.1 Å². The molecule has 0 saturated carbocycles. The van der Waals surface area contributed by atoms with Gasteiger partial charge in [0.2, 0.25) is 0 Å². The van der Waals surface area contributed by atoms with Gasteiger partial charge in [0.05, 0.1) is 54.4 Å².